The number of nitrogens with zero attached hydrogens (tertiary/aromatic N) is 1. The standard InChI is InChI=1S/C85H162NO8P/c1-6-8-10-12-14-16-18-20-22-24-26-28-30-32-34-36-38-39-40-41-42-43-44-45-46-48-49-51-53-55-57-59-61-63-65-67-69-71-73-75-77-84(87)91-81-83(82-93-95(89,90)92-80-79-86(3,4)5)94-85(88)78-76-74-72-70-68-66-64-62-60-58-56-54-52-50-47-37-35-33-31-29-27-25-23-21-19-17-15-13-11-9-7-2/h9,11,15,17,21,23,27,29,83H,6-8,10,12-14,16,18-20,22,24-26,28,30-82H2,1-5H3/p+1/b11-9-,17-15-,23-21-,29-27-. The molecule has 0 aliphatic heterocycles. The molecule has 2 atom stereocenters. The first-order valence-corrected chi connectivity index (χ1v) is 43.4. The number of likely N-dealkylation sites (N-methyl/N-ethyl adjacent to an activating group) is 1. The Bertz CT molecular complexity index is 1740. The van der Waals surface area contributed by atoms with E-state index in [0.717, 1.165) is 57.8 Å². The first kappa shape index (κ1) is 93.0. The summed E-state index contributed by atoms with van der Waals surface area (Å²) in [6.45, 7) is 4.40. The van der Waals surface area contributed by atoms with Crippen LogP contribution in [-0.4, -0.2) is 74.9 Å². The summed E-state index contributed by atoms with van der Waals surface area (Å²) in [5, 5.41) is 0. The van der Waals surface area contributed by atoms with Crippen LogP contribution in [0.2, 0.25) is 0 Å². The Kier molecular flexibility index (Phi) is 74.5. The Balaban J connectivity index is 3.86. The predicted octanol–water partition coefficient (Wildman–Crippen LogP) is 27.9. The highest BCUT2D eigenvalue weighted by atomic mass is 31.2. The minimum Gasteiger partial charge on any atom is -0.462 e. The van der Waals surface area contributed by atoms with Crippen molar-refractivity contribution in [2.24, 2.45) is 0 Å². The van der Waals surface area contributed by atoms with E-state index in [1.54, 1.807) is 0 Å². The van der Waals surface area contributed by atoms with Gasteiger partial charge < -0.3 is 18.9 Å². The molecule has 0 aliphatic rings. The van der Waals surface area contributed by atoms with Crippen LogP contribution in [0.3, 0.4) is 0 Å². The maximum Gasteiger partial charge on any atom is 0.472 e. The van der Waals surface area contributed by atoms with Crippen LogP contribution in [0, 0.1) is 0 Å². The summed E-state index contributed by atoms with van der Waals surface area (Å²) in [5.41, 5.74) is 0. The molecule has 560 valence electrons. The normalized spacial score (nSPS) is 13.2. The number of ether oxygens (including phenoxy) is 2. The molecular formula is C85H163NO8P+. The summed E-state index contributed by atoms with van der Waals surface area (Å²) in [4.78, 5) is 36.0. The highest BCUT2D eigenvalue weighted by molar-refractivity contribution is 7.47. The molecule has 0 rings (SSSR count). The summed E-state index contributed by atoms with van der Waals surface area (Å²) in [5.74, 6) is -0.773. The zero-order valence-corrected chi connectivity index (χ0v) is 65.1. The highest BCUT2D eigenvalue weighted by Crippen LogP contribution is 2.43. The van der Waals surface area contributed by atoms with Gasteiger partial charge >= 0.3 is 19.8 Å². The van der Waals surface area contributed by atoms with Crippen molar-refractivity contribution in [3.63, 3.8) is 0 Å². The minimum absolute atomic E-state index is 0.0344. The van der Waals surface area contributed by atoms with E-state index in [1.807, 2.05) is 21.1 Å². The van der Waals surface area contributed by atoms with E-state index < -0.39 is 26.5 Å². The van der Waals surface area contributed by atoms with Crippen molar-refractivity contribution in [2.75, 3.05) is 47.5 Å². The van der Waals surface area contributed by atoms with E-state index in [0.29, 0.717) is 23.9 Å². The largest absolute Gasteiger partial charge is 0.472 e. The molecule has 10 heteroatoms. The molecule has 9 nitrogen and oxygen atoms in total. The lowest BCUT2D eigenvalue weighted by atomic mass is 10.0. The number of esters is 2. The number of hydrogen-bond acceptors (Lipinski definition) is 7. The van der Waals surface area contributed by atoms with Crippen LogP contribution < -0.4 is 0 Å². The van der Waals surface area contributed by atoms with Gasteiger partial charge in [-0.25, -0.2) is 4.57 Å². The monoisotopic (exact) mass is 1360 g/mol. The highest BCUT2D eigenvalue weighted by Gasteiger charge is 2.27. The van der Waals surface area contributed by atoms with Crippen LogP contribution in [0.4, 0.5) is 0 Å². The smallest absolute Gasteiger partial charge is 0.462 e. The number of allylic oxidation sites excluding steroid dienone is 8. The number of carbonyl (C=O) groups excluding carboxylic acids is 2. The number of phosphoric acid groups is 1. The van der Waals surface area contributed by atoms with Crippen LogP contribution in [0.1, 0.15) is 431 Å². The second-order valence-corrected chi connectivity index (χ2v) is 31.3. The van der Waals surface area contributed by atoms with E-state index >= 15 is 0 Å². The van der Waals surface area contributed by atoms with Gasteiger partial charge in [0, 0.05) is 12.8 Å². The third-order valence-corrected chi connectivity index (χ3v) is 20.1. The van der Waals surface area contributed by atoms with Crippen molar-refractivity contribution in [1.82, 2.24) is 0 Å². The molecule has 1 N–H and O–H groups in total. The molecule has 0 aliphatic carbocycles. The number of rotatable bonds is 79. The molecule has 95 heavy (non-hydrogen) atoms. The second kappa shape index (κ2) is 76.2. The summed E-state index contributed by atoms with van der Waals surface area (Å²) >= 11 is 0. The molecule has 0 amide bonds. The summed E-state index contributed by atoms with van der Waals surface area (Å²) in [6.07, 6.45) is 101. The fourth-order valence-electron chi connectivity index (χ4n) is 12.8. The van der Waals surface area contributed by atoms with Gasteiger partial charge in [0.1, 0.15) is 19.8 Å². The van der Waals surface area contributed by atoms with Crippen LogP contribution in [0.5, 0.6) is 0 Å². The minimum atomic E-state index is -4.39. The molecule has 2 unspecified atom stereocenters. The van der Waals surface area contributed by atoms with E-state index in [-0.39, 0.29) is 25.6 Å². The maximum atomic E-state index is 12.9. The molecule has 0 aromatic heterocycles. The zero-order chi connectivity index (χ0) is 69.0. The second-order valence-electron chi connectivity index (χ2n) is 29.8. The number of quaternary nitrogens is 1. The van der Waals surface area contributed by atoms with Gasteiger partial charge in [0.15, 0.2) is 6.10 Å². The van der Waals surface area contributed by atoms with Crippen molar-refractivity contribution >= 4 is 19.8 Å². The molecule has 0 aromatic carbocycles. The molecule has 0 saturated heterocycles. The number of phosphoric ester groups is 1. The lowest BCUT2D eigenvalue weighted by Crippen LogP contribution is -2.37. The number of carbonyl (C=O) groups is 2. The lowest BCUT2D eigenvalue weighted by Gasteiger charge is -2.24. The fourth-order valence-corrected chi connectivity index (χ4v) is 13.5. The van der Waals surface area contributed by atoms with Crippen LogP contribution in [0.15, 0.2) is 48.6 Å². The van der Waals surface area contributed by atoms with Crippen LogP contribution in [0.25, 0.3) is 0 Å². The first-order chi connectivity index (χ1) is 46.5. The Morgan fingerprint density at radius 2 is 0.600 bits per heavy atom. The van der Waals surface area contributed by atoms with E-state index in [4.69, 9.17) is 18.5 Å². The lowest BCUT2D eigenvalue weighted by molar-refractivity contribution is -0.870. The van der Waals surface area contributed by atoms with Crippen molar-refractivity contribution in [2.45, 2.75) is 437 Å². The quantitative estimate of drug-likeness (QED) is 0.0211. The SMILES string of the molecule is CC/C=C\C/C=C\C/C=C\C/C=C\CCCCCCCCCCCCCCCCCCCCC(=O)OC(COC(=O)CCCCCCCCCCCCCCCCCCCCCCCCCCCCCCCCCCCCCCCCCC)COP(=O)(O)OCC[N+](C)(C)C. The van der Waals surface area contributed by atoms with Gasteiger partial charge in [0.2, 0.25) is 0 Å². The van der Waals surface area contributed by atoms with Gasteiger partial charge in [-0.15, -0.1) is 0 Å². The fraction of sp³-hybridized carbons (Fsp3) is 0.882. The number of unbranched alkanes of at least 4 members (excludes halogenated alkanes) is 57. The van der Waals surface area contributed by atoms with Crippen LogP contribution >= 0.6 is 7.82 Å². The molecule has 0 heterocycles. The topological polar surface area (TPSA) is 108 Å². The predicted molar refractivity (Wildman–Crippen MR) is 413 cm³/mol. The molecular weight excluding hydrogens is 1190 g/mol. The third-order valence-electron chi connectivity index (χ3n) is 19.1. The maximum absolute atomic E-state index is 12.9. The zero-order valence-electron chi connectivity index (χ0n) is 64.2. The summed E-state index contributed by atoms with van der Waals surface area (Å²) in [7, 11) is 1.50. The average Bonchev–Trinajstić information content (AvgIpc) is 2.29. The Morgan fingerprint density at radius 1 is 0.337 bits per heavy atom. The van der Waals surface area contributed by atoms with Crippen molar-refractivity contribution in [3.8, 4) is 0 Å². The van der Waals surface area contributed by atoms with Gasteiger partial charge in [-0.3, -0.25) is 18.6 Å². The number of hydrogen-bond donors (Lipinski definition) is 1. The molecule has 0 aromatic rings. The van der Waals surface area contributed by atoms with Crippen molar-refractivity contribution < 1.29 is 42.1 Å². The summed E-state index contributed by atoms with van der Waals surface area (Å²) in [6, 6.07) is 0. The Morgan fingerprint density at radius 3 is 0.895 bits per heavy atom. The van der Waals surface area contributed by atoms with Gasteiger partial charge in [-0.1, -0.05) is 416 Å². The van der Waals surface area contributed by atoms with E-state index in [1.165, 1.54) is 340 Å². The van der Waals surface area contributed by atoms with Gasteiger partial charge in [-0.2, -0.15) is 0 Å². The molecule has 0 saturated carbocycles. The summed E-state index contributed by atoms with van der Waals surface area (Å²) < 4.78 is 34.9. The average molecular weight is 1360 g/mol. The third kappa shape index (κ3) is 80.8. The van der Waals surface area contributed by atoms with Crippen LogP contribution in [-0.2, 0) is 32.7 Å². The van der Waals surface area contributed by atoms with Crippen molar-refractivity contribution in [3.05, 3.63) is 48.6 Å². The van der Waals surface area contributed by atoms with E-state index in [2.05, 4.69) is 62.5 Å². The van der Waals surface area contributed by atoms with E-state index in [9.17, 15) is 19.0 Å². The van der Waals surface area contributed by atoms with Crippen molar-refractivity contribution in [1.29, 1.82) is 0 Å². The molecule has 0 bridgehead atoms. The Labute approximate surface area is 592 Å². The van der Waals surface area contributed by atoms with Gasteiger partial charge in [0.05, 0.1) is 27.7 Å². The molecule has 0 radical (unpaired) electrons. The molecule has 0 spiro atoms. The van der Waals surface area contributed by atoms with Gasteiger partial charge in [-0.05, 0) is 51.4 Å². The Hall–Kier alpha value is -2.03. The first-order valence-electron chi connectivity index (χ1n) is 41.9. The molecule has 0 fully saturated rings. The van der Waals surface area contributed by atoms with Gasteiger partial charge in [0.25, 0.3) is 0 Å².